The van der Waals surface area contributed by atoms with Crippen LogP contribution in [0.5, 0.6) is 5.75 Å². The number of fused-ring (bicyclic) bond motifs is 1. The molecule has 0 saturated heterocycles. The Labute approximate surface area is 239 Å². The summed E-state index contributed by atoms with van der Waals surface area (Å²) in [5.41, 5.74) is -1.74. The van der Waals surface area contributed by atoms with Crippen LogP contribution in [0.2, 0.25) is 0 Å². The van der Waals surface area contributed by atoms with E-state index in [2.05, 4.69) is 4.74 Å². The van der Waals surface area contributed by atoms with Crippen LogP contribution in [-0.2, 0) is 6.11 Å². The molecule has 1 nitrogen and oxygen atoms in total. The summed E-state index contributed by atoms with van der Waals surface area (Å²) in [6.07, 6.45) is -4.34. The molecule has 4 aromatic rings. The van der Waals surface area contributed by atoms with Crippen LogP contribution in [0.25, 0.3) is 21.9 Å². The van der Waals surface area contributed by atoms with Crippen molar-refractivity contribution in [3.63, 3.8) is 0 Å². The maximum atomic E-state index is 15.0. The van der Waals surface area contributed by atoms with Crippen LogP contribution in [0.3, 0.4) is 0 Å². The Kier molecular flexibility index (Phi) is 8.07. The second-order valence-corrected chi connectivity index (χ2v) is 10.2. The minimum Gasteiger partial charge on any atom is -0.429 e. The molecule has 0 spiro atoms. The van der Waals surface area contributed by atoms with Crippen LogP contribution in [0, 0.1) is 40.9 Å². The first-order valence-electron chi connectivity index (χ1n) is 13.1. The van der Waals surface area contributed by atoms with Crippen LogP contribution >= 0.6 is 0 Å². The molecular weight excluding hydrogens is 590 g/mol. The Morgan fingerprint density at radius 2 is 1.30 bits per heavy atom. The number of hydrogen-bond donors (Lipinski definition) is 0. The molecule has 0 amide bonds. The molecule has 4 aromatic carbocycles. The van der Waals surface area contributed by atoms with Gasteiger partial charge in [0.25, 0.3) is 0 Å². The summed E-state index contributed by atoms with van der Waals surface area (Å²) in [6.45, 7) is 0. The van der Waals surface area contributed by atoms with Crippen molar-refractivity contribution in [1.29, 1.82) is 0 Å². The molecular formula is C32H20F10O. The van der Waals surface area contributed by atoms with Gasteiger partial charge >= 0.3 is 12.3 Å². The summed E-state index contributed by atoms with van der Waals surface area (Å²) in [5, 5.41) is -1.77. The topological polar surface area (TPSA) is 9.23 Å². The summed E-state index contributed by atoms with van der Waals surface area (Å²) >= 11 is 0. The second-order valence-electron chi connectivity index (χ2n) is 10.2. The molecule has 0 radical (unpaired) electrons. The fraction of sp³-hybridized carbons (Fsp3) is 0.250. The van der Waals surface area contributed by atoms with Crippen molar-refractivity contribution in [2.24, 2.45) is 0 Å². The van der Waals surface area contributed by atoms with Gasteiger partial charge in [0.1, 0.15) is 34.6 Å². The number of halogens is 10. The Morgan fingerprint density at radius 1 is 0.674 bits per heavy atom. The first-order valence-corrected chi connectivity index (χ1v) is 13.1. The summed E-state index contributed by atoms with van der Waals surface area (Å²) in [7, 11) is 0. The van der Waals surface area contributed by atoms with Crippen LogP contribution < -0.4 is 4.74 Å². The average Bonchev–Trinajstić information content (AvgIpc) is 2.91. The summed E-state index contributed by atoms with van der Waals surface area (Å²) in [4.78, 5) is 0. The molecule has 224 valence electrons. The van der Waals surface area contributed by atoms with E-state index in [0.717, 1.165) is 31.2 Å². The Hall–Kier alpha value is -4.20. The van der Waals surface area contributed by atoms with Gasteiger partial charge in [0, 0.05) is 12.0 Å². The highest BCUT2D eigenvalue weighted by Gasteiger charge is 2.41. The zero-order valence-electron chi connectivity index (χ0n) is 22.0. The molecule has 0 bridgehead atoms. The smallest absolute Gasteiger partial charge is 0.429 e. The third-order valence-corrected chi connectivity index (χ3v) is 7.28. The number of hydrogen-bond acceptors (Lipinski definition) is 1. The number of ether oxygens (including phenoxy) is 1. The van der Waals surface area contributed by atoms with Gasteiger partial charge in [-0.25, -0.2) is 22.0 Å². The van der Waals surface area contributed by atoms with E-state index in [0.29, 0.717) is 41.7 Å². The van der Waals surface area contributed by atoms with Crippen molar-refractivity contribution in [2.45, 2.75) is 50.3 Å². The monoisotopic (exact) mass is 610 g/mol. The fourth-order valence-electron chi connectivity index (χ4n) is 5.29. The van der Waals surface area contributed by atoms with Crippen molar-refractivity contribution >= 4 is 10.8 Å². The highest BCUT2D eigenvalue weighted by Crippen LogP contribution is 2.39. The van der Waals surface area contributed by atoms with Gasteiger partial charge in [-0.1, -0.05) is 49.4 Å². The molecule has 1 saturated carbocycles. The van der Waals surface area contributed by atoms with E-state index in [4.69, 9.17) is 0 Å². The second kappa shape index (κ2) is 11.5. The van der Waals surface area contributed by atoms with E-state index in [1.807, 2.05) is 12.1 Å². The van der Waals surface area contributed by atoms with E-state index in [9.17, 15) is 35.1 Å². The van der Waals surface area contributed by atoms with Crippen molar-refractivity contribution in [3.8, 4) is 28.7 Å². The molecule has 1 fully saturated rings. The maximum absolute atomic E-state index is 15.0. The van der Waals surface area contributed by atoms with Gasteiger partial charge in [-0.3, -0.25) is 0 Å². The quantitative estimate of drug-likeness (QED) is 0.161. The van der Waals surface area contributed by atoms with E-state index in [1.54, 1.807) is 12.1 Å². The normalized spacial score (nSPS) is 14.5. The molecule has 43 heavy (non-hydrogen) atoms. The number of alkyl halides is 5. The Balaban J connectivity index is 1.43. The van der Waals surface area contributed by atoms with Crippen molar-refractivity contribution < 1.29 is 48.6 Å². The SMILES string of the molecule is Fc1cc2cc(OC(F)(F)c3c(F)cc(-c4ccc(C5CCCCC5)cc4)cc3F)cc(F)c2c(F)c1C#CC(F)(F)F. The van der Waals surface area contributed by atoms with E-state index >= 15 is 8.78 Å². The Bertz CT molecular complexity index is 1720. The summed E-state index contributed by atoms with van der Waals surface area (Å²) < 4.78 is 145. The molecule has 0 unspecified atom stereocenters. The summed E-state index contributed by atoms with van der Waals surface area (Å²) in [6, 6.07) is 9.46. The molecule has 1 aliphatic rings. The standard InChI is InChI=1S/C32H20F10O/c33-24-15-21-12-22(16-25(34)28(21)30(37)23(24)10-11-31(38,39)40)43-32(41,42)29-26(35)13-20(14-27(29)36)19-8-6-18(7-9-19)17-4-2-1-3-5-17/h6-9,12-17H,1-5H2. The lowest BCUT2D eigenvalue weighted by atomic mass is 9.83. The van der Waals surface area contributed by atoms with Gasteiger partial charge in [0.2, 0.25) is 0 Å². The minimum absolute atomic E-state index is 0.0168. The van der Waals surface area contributed by atoms with Gasteiger partial charge in [-0.15, -0.1) is 0 Å². The predicted octanol–water partition coefficient (Wildman–Crippen LogP) is 10.3. The van der Waals surface area contributed by atoms with Crippen molar-refractivity contribution in [2.75, 3.05) is 0 Å². The molecule has 1 aliphatic carbocycles. The highest BCUT2D eigenvalue weighted by atomic mass is 19.4. The van der Waals surface area contributed by atoms with Crippen LogP contribution in [0.4, 0.5) is 43.9 Å². The van der Waals surface area contributed by atoms with Crippen LogP contribution in [-0.4, -0.2) is 6.18 Å². The third-order valence-electron chi connectivity index (χ3n) is 7.28. The molecule has 0 atom stereocenters. The average molecular weight is 610 g/mol. The zero-order valence-corrected chi connectivity index (χ0v) is 22.0. The molecule has 0 aromatic heterocycles. The van der Waals surface area contributed by atoms with Gasteiger partial charge < -0.3 is 4.74 Å². The molecule has 11 heteroatoms. The van der Waals surface area contributed by atoms with Crippen molar-refractivity contribution in [3.05, 3.63) is 100 Å². The lowest BCUT2D eigenvalue weighted by Crippen LogP contribution is -2.25. The van der Waals surface area contributed by atoms with Gasteiger partial charge in [-0.2, -0.15) is 22.0 Å². The van der Waals surface area contributed by atoms with E-state index < -0.39 is 69.0 Å². The van der Waals surface area contributed by atoms with Crippen LogP contribution in [0.15, 0.2) is 54.6 Å². The fourth-order valence-corrected chi connectivity index (χ4v) is 5.29. The Morgan fingerprint density at radius 3 is 1.91 bits per heavy atom. The first kappa shape index (κ1) is 30.3. The van der Waals surface area contributed by atoms with Crippen molar-refractivity contribution in [1.82, 2.24) is 0 Å². The summed E-state index contributed by atoms with van der Waals surface area (Å²) in [5.74, 6) is -7.18. The highest BCUT2D eigenvalue weighted by molar-refractivity contribution is 5.87. The van der Waals surface area contributed by atoms with E-state index in [-0.39, 0.29) is 11.6 Å². The molecule has 0 heterocycles. The van der Waals surface area contributed by atoms with Crippen LogP contribution in [0.1, 0.15) is 54.7 Å². The third kappa shape index (κ3) is 6.43. The first-order chi connectivity index (χ1) is 20.2. The maximum Gasteiger partial charge on any atom is 0.458 e. The number of rotatable bonds is 5. The minimum atomic E-state index is -5.10. The molecule has 0 aliphatic heterocycles. The lowest BCUT2D eigenvalue weighted by Gasteiger charge is -2.22. The van der Waals surface area contributed by atoms with Gasteiger partial charge in [-0.05, 0) is 65.1 Å². The number of benzene rings is 4. The molecule has 0 N–H and O–H groups in total. The van der Waals surface area contributed by atoms with Gasteiger partial charge in [0.15, 0.2) is 5.82 Å². The lowest BCUT2D eigenvalue weighted by molar-refractivity contribution is -0.189. The zero-order chi connectivity index (χ0) is 31.1. The van der Waals surface area contributed by atoms with Gasteiger partial charge in [0.05, 0.1) is 10.9 Å². The largest absolute Gasteiger partial charge is 0.458 e. The molecule has 5 rings (SSSR count). The van der Waals surface area contributed by atoms with E-state index in [1.165, 1.54) is 12.3 Å². The predicted molar refractivity (Wildman–Crippen MR) is 139 cm³/mol.